The van der Waals surface area contributed by atoms with E-state index in [2.05, 4.69) is 16.3 Å². The molecule has 0 aromatic carbocycles. The summed E-state index contributed by atoms with van der Waals surface area (Å²) in [6, 6.07) is 2.26. The standard InChI is InChI=1S/C10H21N3O/c1-5-14-7-6-13(4)9-10(2,8-11)12-3/h12H,5-7,9H2,1-4H3. The zero-order chi connectivity index (χ0) is 11.0. The molecule has 0 radical (unpaired) electrons. The van der Waals surface area contributed by atoms with Crippen molar-refractivity contribution in [1.29, 1.82) is 5.26 Å². The molecule has 4 nitrogen and oxygen atoms in total. The third-order valence-corrected chi connectivity index (χ3v) is 2.21. The van der Waals surface area contributed by atoms with Crippen LogP contribution < -0.4 is 5.32 Å². The highest BCUT2D eigenvalue weighted by atomic mass is 16.5. The fourth-order valence-electron chi connectivity index (χ4n) is 1.15. The minimum Gasteiger partial charge on any atom is -0.380 e. The minimum atomic E-state index is -0.471. The molecule has 1 unspecified atom stereocenters. The van der Waals surface area contributed by atoms with E-state index in [-0.39, 0.29) is 0 Å². The molecule has 0 aromatic rings. The molecule has 0 aliphatic carbocycles. The van der Waals surface area contributed by atoms with E-state index in [1.54, 1.807) is 7.05 Å². The van der Waals surface area contributed by atoms with Gasteiger partial charge in [-0.05, 0) is 27.9 Å². The lowest BCUT2D eigenvalue weighted by Crippen LogP contribution is -2.48. The summed E-state index contributed by atoms with van der Waals surface area (Å²) in [5.74, 6) is 0. The van der Waals surface area contributed by atoms with E-state index in [0.29, 0.717) is 6.54 Å². The van der Waals surface area contributed by atoms with Crippen LogP contribution in [-0.2, 0) is 4.74 Å². The van der Waals surface area contributed by atoms with Crippen molar-refractivity contribution in [2.24, 2.45) is 0 Å². The number of likely N-dealkylation sites (N-methyl/N-ethyl adjacent to an activating group) is 2. The molecule has 0 saturated heterocycles. The number of hydrogen-bond acceptors (Lipinski definition) is 4. The van der Waals surface area contributed by atoms with E-state index in [1.807, 2.05) is 20.9 Å². The van der Waals surface area contributed by atoms with Gasteiger partial charge in [0.05, 0.1) is 12.7 Å². The van der Waals surface area contributed by atoms with Crippen molar-refractivity contribution in [3.8, 4) is 6.07 Å². The highest BCUT2D eigenvalue weighted by molar-refractivity contribution is 5.04. The highest BCUT2D eigenvalue weighted by Crippen LogP contribution is 2.02. The van der Waals surface area contributed by atoms with Gasteiger partial charge in [0.15, 0.2) is 0 Å². The Morgan fingerprint density at radius 3 is 2.64 bits per heavy atom. The summed E-state index contributed by atoms with van der Waals surface area (Å²) in [7, 11) is 3.80. The molecule has 82 valence electrons. The van der Waals surface area contributed by atoms with Crippen LogP contribution in [0.1, 0.15) is 13.8 Å². The van der Waals surface area contributed by atoms with Gasteiger partial charge in [-0.1, -0.05) is 0 Å². The fourth-order valence-corrected chi connectivity index (χ4v) is 1.15. The van der Waals surface area contributed by atoms with Crippen LogP contribution in [0.5, 0.6) is 0 Å². The monoisotopic (exact) mass is 199 g/mol. The van der Waals surface area contributed by atoms with Gasteiger partial charge in [0, 0.05) is 19.7 Å². The van der Waals surface area contributed by atoms with Crippen LogP contribution in [0.2, 0.25) is 0 Å². The number of nitrogens with one attached hydrogen (secondary N) is 1. The SMILES string of the molecule is CCOCCN(C)CC(C)(C#N)NC. The zero-order valence-electron chi connectivity index (χ0n) is 9.63. The van der Waals surface area contributed by atoms with Crippen molar-refractivity contribution < 1.29 is 4.74 Å². The Labute approximate surface area is 86.8 Å². The fraction of sp³-hybridized carbons (Fsp3) is 0.900. The van der Waals surface area contributed by atoms with Crippen molar-refractivity contribution >= 4 is 0 Å². The first kappa shape index (κ1) is 13.4. The van der Waals surface area contributed by atoms with Crippen molar-refractivity contribution in [1.82, 2.24) is 10.2 Å². The van der Waals surface area contributed by atoms with Gasteiger partial charge in [-0.25, -0.2) is 0 Å². The van der Waals surface area contributed by atoms with Crippen LogP contribution in [0.25, 0.3) is 0 Å². The highest BCUT2D eigenvalue weighted by Gasteiger charge is 2.22. The Bertz CT molecular complexity index is 190. The normalized spacial score (nSPS) is 15.1. The number of ether oxygens (including phenoxy) is 1. The van der Waals surface area contributed by atoms with E-state index in [9.17, 15) is 0 Å². The van der Waals surface area contributed by atoms with Gasteiger partial charge >= 0.3 is 0 Å². The Morgan fingerprint density at radius 1 is 1.57 bits per heavy atom. The van der Waals surface area contributed by atoms with Gasteiger partial charge in [-0.15, -0.1) is 0 Å². The van der Waals surface area contributed by atoms with E-state index in [4.69, 9.17) is 10.00 Å². The van der Waals surface area contributed by atoms with Gasteiger partial charge in [-0.3, -0.25) is 0 Å². The first-order valence-electron chi connectivity index (χ1n) is 4.94. The first-order valence-corrected chi connectivity index (χ1v) is 4.94. The van der Waals surface area contributed by atoms with Gasteiger partial charge < -0.3 is 15.0 Å². The van der Waals surface area contributed by atoms with Crippen LogP contribution in [0.4, 0.5) is 0 Å². The summed E-state index contributed by atoms with van der Waals surface area (Å²) in [6.45, 7) is 6.89. The third-order valence-electron chi connectivity index (χ3n) is 2.21. The summed E-state index contributed by atoms with van der Waals surface area (Å²) < 4.78 is 5.24. The van der Waals surface area contributed by atoms with Crippen LogP contribution in [0.3, 0.4) is 0 Å². The molecule has 0 amide bonds. The number of rotatable bonds is 7. The van der Waals surface area contributed by atoms with Crippen LogP contribution >= 0.6 is 0 Å². The summed E-state index contributed by atoms with van der Waals surface area (Å²) in [6.07, 6.45) is 0. The first-order chi connectivity index (χ1) is 6.58. The molecule has 0 rings (SSSR count). The van der Waals surface area contributed by atoms with Crippen LogP contribution in [0, 0.1) is 11.3 Å². The summed E-state index contributed by atoms with van der Waals surface area (Å²) in [5, 5.41) is 11.9. The molecule has 0 heterocycles. The summed E-state index contributed by atoms with van der Waals surface area (Å²) in [5.41, 5.74) is -0.471. The van der Waals surface area contributed by atoms with Crippen molar-refractivity contribution in [2.75, 3.05) is 40.4 Å². The van der Waals surface area contributed by atoms with Crippen molar-refractivity contribution in [3.63, 3.8) is 0 Å². The van der Waals surface area contributed by atoms with E-state index >= 15 is 0 Å². The van der Waals surface area contributed by atoms with Crippen molar-refractivity contribution in [3.05, 3.63) is 0 Å². The number of nitrogens with zero attached hydrogens (tertiary/aromatic N) is 2. The number of hydrogen-bond donors (Lipinski definition) is 1. The molecule has 0 aliphatic heterocycles. The molecule has 0 aromatic heterocycles. The molecule has 1 N–H and O–H groups in total. The topological polar surface area (TPSA) is 48.3 Å². The lowest BCUT2D eigenvalue weighted by molar-refractivity contribution is 0.116. The Hall–Kier alpha value is -0.630. The molecule has 0 bridgehead atoms. The second-order valence-corrected chi connectivity index (χ2v) is 3.63. The maximum Gasteiger partial charge on any atom is 0.116 e. The third kappa shape index (κ3) is 5.18. The maximum absolute atomic E-state index is 8.94. The second kappa shape index (κ2) is 6.77. The number of nitriles is 1. The van der Waals surface area contributed by atoms with E-state index in [0.717, 1.165) is 19.8 Å². The minimum absolute atomic E-state index is 0.471. The second-order valence-electron chi connectivity index (χ2n) is 3.63. The lowest BCUT2D eigenvalue weighted by Gasteiger charge is -2.27. The predicted molar refractivity (Wildman–Crippen MR) is 57.1 cm³/mol. The molecule has 0 spiro atoms. The lowest BCUT2D eigenvalue weighted by atomic mass is 10.1. The molecule has 0 fully saturated rings. The Kier molecular flexibility index (Phi) is 6.46. The average Bonchev–Trinajstić information content (AvgIpc) is 2.18. The molecular weight excluding hydrogens is 178 g/mol. The molecule has 4 heteroatoms. The molecule has 14 heavy (non-hydrogen) atoms. The van der Waals surface area contributed by atoms with Gasteiger partial charge in [-0.2, -0.15) is 5.26 Å². The van der Waals surface area contributed by atoms with Gasteiger partial charge in [0.1, 0.15) is 5.54 Å². The predicted octanol–water partition coefficient (Wildman–Crippen LogP) is 0.456. The Morgan fingerprint density at radius 2 is 2.21 bits per heavy atom. The van der Waals surface area contributed by atoms with E-state index in [1.165, 1.54) is 0 Å². The van der Waals surface area contributed by atoms with Gasteiger partial charge in [0.25, 0.3) is 0 Å². The van der Waals surface area contributed by atoms with Gasteiger partial charge in [0.2, 0.25) is 0 Å². The maximum atomic E-state index is 8.94. The average molecular weight is 199 g/mol. The van der Waals surface area contributed by atoms with Crippen LogP contribution in [-0.4, -0.2) is 50.8 Å². The molecule has 0 aliphatic rings. The van der Waals surface area contributed by atoms with E-state index < -0.39 is 5.54 Å². The molecule has 1 atom stereocenters. The quantitative estimate of drug-likeness (QED) is 0.605. The molecule has 0 saturated carbocycles. The van der Waals surface area contributed by atoms with Crippen LogP contribution in [0.15, 0.2) is 0 Å². The largest absolute Gasteiger partial charge is 0.380 e. The summed E-state index contributed by atoms with van der Waals surface area (Å²) >= 11 is 0. The molecular formula is C10H21N3O. The Balaban J connectivity index is 3.81. The summed E-state index contributed by atoms with van der Waals surface area (Å²) in [4.78, 5) is 2.09. The van der Waals surface area contributed by atoms with Crippen molar-refractivity contribution in [2.45, 2.75) is 19.4 Å². The smallest absolute Gasteiger partial charge is 0.116 e. The zero-order valence-corrected chi connectivity index (χ0v) is 9.63.